The Balaban J connectivity index is 1.83. The SMILES string of the molecule is CCN(CC)CCN=C1NC(=O)S/C1=C\c1ccc(Oc2ccc(C(F)(F)F)cc2C#N)c(OC)c1. The largest absolute Gasteiger partial charge is 0.493 e. The fourth-order valence-electron chi connectivity index (χ4n) is 3.40. The van der Waals surface area contributed by atoms with Gasteiger partial charge in [0.1, 0.15) is 17.7 Å². The van der Waals surface area contributed by atoms with Crippen LogP contribution in [-0.2, 0) is 6.18 Å². The number of rotatable bonds is 9. The second-order valence-electron chi connectivity index (χ2n) is 7.61. The molecule has 1 aliphatic rings. The maximum atomic E-state index is 13.0. The Bertz CT molecular complexity index is 1220. The molecule has 1 fully saturated rings. The summed E-state index contributed by atoms with van der Waals surface area (Å²) in [4.78, 5) is 19.4. The number of likely N-dealkylation sites (N-methyl/N-ethyl adjacent to an activating group) is 1. The summed E-state index contributed by atoms with van der Waals surface area (Å²) < 4.78 is 50.0. The minimum absolute atomic E-state index is 0.0290. The van der Waals surface area contributed by atoms with Gasteiger partial charge in [-0.25, -0.2) is 0 Å². The van der Waals surface area contributed by atoms with Gasteiger partial charge in [-0.15, -0.1) is 0 Å². The van der Waals surface area contributed by atoms with E-state index in [1.54, 1.807) is 30.3 Å². The zero-order chi connectivity index (χ0) is 26.3. The number of nitrogens with one attached hydrogen (secondary N) is 1. The molecule has 0 bridgehead atoms. The van der Waals surface area contributed by atoms with Crippen molar-refractivity contribution in [3.8, 4) is 23.3 Å². The van der Waals surface area contributed by atoms with E-state index in [4.69, 9.17) is 9.47 Å². The van der Waals surface area contributed by atoms with E-state index in [1.807, 2.05) is 0 Å². The quantitative estimate of drug-likeness (QED) is 0.444. The third-order valence-electron chi connectivity index (χ3n) is 5.37. The van der Waals surface area contributed by atoms with Crippen LogP contribution in [0.3, 0.4) is 0 Å². The molecule has 0 unspecified atom stereocenters. The smallest absolute Gasteiger partial charge is 0.416 e. The number of nitriles is 1. The molecule has 0 radical (unpaired) electrons. The number of alkyl halides is 3. The molecule has 1 aliphatic heterocycles. The molecule has 36 heavy (non-hydrogen) atoms. The molecule has 0 aliphatic carbocycles. The summed E-state index contributed by atoms with van der Waals surface area (Å²) in [5.41, 5.74) is -0.495. The van der Waals surface area contributed by atoms with Gasteiger partial charge in [0.15, 0.2) is 11.5 Å². The Morgan fingerprint density at radius 3 is 2.50 bits per heavy atom. The molecular weight excluding hydrogens is 493 g/mol. The summed E-state index contributed by atoms with van der Waals surface area (Å²) in [5, 5.41) is 11.8. The van der Waals surface area contributed by atoms with E-state index in [0.29, 0.717) is 28.6 Å². The van der Waals surface area contributed by atoms with Gasteiger partial charge in [-0.1, -0.05) is 19.9 Å². The van der Waals surface area contributed by atoms with Crippen molar-refractivity contribution >= 4 is 28.9 Å². The number of nitrogens with zero attached hydrogens (tertiary/aromatic N) is 3. The third-order valence-corrected chi connectivity index (χ3v) is 6.19. The molecular formula is C25H25F3N4O3S. The summed E-state index contributed by atoms with van der Waals surface area (Å²) in [5.74, 6) is 0.992. The standard InChI is InChI=1S/C25H25F3N4O3S/c1-4-32(5-2)11-10-30-23-22(36-24(33)31-23)13-16-6-8-20(21(12-16)34-3)35-19-9-7-18(25(26,27)28)14-17(19)15-29/h6-9,12-14H,4-5,10-11H2,1-3H3,(H,30,31,33)/b22-13-. The highest BCUT2D eigenvalue weighted by Gasteiger charge is 2.31. The third kappa shape index (κ3) is 6.80. The van der Waals surface area contributed by atoms with Crippen molar-refractivity contribution in [2.45, 2.75) is 20.0 Å². The lowest BCUT2D eigenvalue weighted by atomic mass is 10.1. The first-order valence-corrected chi connectivity index (χ1v) is 11.9. The lowest BCUT2D eigenvalue weighted by Crippen LogP contribution is -2.27. The molecule has 0 spiro atoms. The number of amidine groups is 1. The van der Waals surface area contributed by atoms with E-state index >= 15 is 0 Å². The van der Waals surface area contributed by atoms with Crippen LogP contribution >= 0.6 is 11.8 Å². The summed E-state index contributed by atoms with van der Waals surface area (Å²) >= 11 is 1.03. The maximum Gasteiger partial charge on any atom is 0.416 e. The molecule has 0 aromatic heterocycles. The van der Waals surface area contributed by atoms with Gasteiger partial charge in [0.25, 0.3) is 5.24 Å². The van der Waals surface area contributed by atoms with Crippen molar-refractivity contribution in [2.75, 3.05) is 33.3 Å². The van der Waals surface area contributed by atoms with Gasteiger partial charge in [-0.05, 0) is 66.8 Å². The Kier molecular flexibility index (Phi) is 9.01. The molecule has 1 N–H and O–H groups in total. The molecule has 0 atom stereocenters. The van der Waals surface area contributed by atoms with E-state index in [-0.39, 0.29) is 22.3 Å². The highest BCUT2D eigenvalue weighted by Crippen LogP contribution is 2.37. The average Bonchev–Trinajstić information content (AvgIpc) is 3.20. The molecule has 0 saturated carbocycles. The predicted molar refractivity (Wildman–Crippen MR) is 133 cm³/mol. The van der Waals surface area contributed by atoms with Gasteiger partial charge in [0.2, 0.25) is 0 Å². The van der Waals surface area contributed by atoms with E-state index < -0.39 is 11.7 Å². The van der Waals surface area contributed by atoms with Crippen LogP contribution in [0.4, 0.5) is 18.0 Å². The number of hydrogen-bond acceptors (Lipinski definition) is 7. The van der Waals surface area contributed by atoms with Gasteiger partial charge >= 0.3 is 6.18 Å². The number of aliphatic imine (C=N–C) groups is 1. The van der Waals surface area contributed by atoms with Gasteiger partial charge in [0.05, 0.1) is 29.7 Å². The van der Waals surface area contributed by atoms with Gasteiger partial charge in [-0.2, -0.15) is 18.4 Å². The second kappa shape index (κ2) is 12.0. The van der Waals surface area contributed by atoms with Crippen molar-refractivity contribution < 1.29 is 27.4 Å². The summed E-state index contributed by atoms with van der Waals surface area (Å²) in [7, 11) is 1.42. The van der Waals surface area contributed by atoms with Crippen molar-refractivity contribution in [1.29, 1.82) is 5.26 Å². The van der Waals surface area contributed by atoms with Crippen molar-refractivity contribution in [1.82, 2.24) is 10.2 Å². The number of ether oxygens (including phenoxy) is 2. The number of carbonyl (C=O) groups excluding carboxylic acids is 1. The van der Waals surface area contributed by atoms with Gasteiger partial charge in [0, 0.05) is 6.54 Å². The highest BCUT2D eigenvalue weighted by molar-refractivity contribution is 8.18. The van der Waals surface area contributed by atoms with Crippen LogP contribution in [0.5, 0.6) is 17.2 Å². The molecule has 1 amide bonds. The minimum atomic E-state index is -4.57. The van der Waals surface area contributed by atoms with Gasteiger partial charge in [-0.3, -0.25) is 9.79 Å². The fraction of sp³-hybridized carbons (Fsp3) is 0.320. The monoisotopic (exact) mass is 518 g/mol. The van der Waals surface area contributed by atoms with Gasteiger partial charge < -0.3 is 19.7 Å². The number of hydrogen-bond donors (Lipinski definition) is 1. The number of amides is 1. The zero-order valence-corrected chi connectivity index (χ0v) is 20.8. The highest BCUT2D eigenvalue weighted by atomic mass is 32.2. The number of carbonyl (C=O) groups is 1. The Hall–Kier alpha value is -3.49. The first-order valence-electron chi connectivity index (χ1n) is 11.1. The minimum Gasteiger partial charge on any atom is -0.493 e. The number of methoxy groups -OCH3 is 1. The maximum absolute atomic E-state index is 13.0. The lowest BCUT2D eigenvalue weighted by Gasteiger charge is -2.16. The molecule has 11 heteroatoms. The molecule has 2 aromatic rings. The van der Waals surface area contributed by atoms with E-state index in [1.165, 1.54) is 7.11 Å². The molecule has 1 saturated heterocycles. The van der Waals surface area contributed by atoms with Crippen molar-refractivity contribution in [3.05, 3.63) is 58.0 Å². The van der Waals surface area contributed by atoms with E-state index in [0.717, 1.165) is 49.6 Å². The summed E-state index contributed by atoms with van der Waals surface area (Å²) in [6.07, 6.45) is -2.79. The van der Waals surface area contributed by atoms with Crippen LogP contribution in [0.15, 0.2) is 46.3 Å². The molecule has 190 valence electrons. The predicted octanol–water partition coefficient (Wildman–Crippen LogP) is 5.92. The fourth-order valence-corrected chi connectivity index (χ4v) is 4.16. The van der Waals surface area contributed by atoms with E-state index in [2.05, 4.69) is 29.1 Å². The first-order chi connectivity index (χ1) is 17.2. The molecule has 3 rings (SSSR count). The second-order valence-corrected chi connectivity index (χ2v) is 8.63. The van der Waals surface area contributed by atoms with Crippen LogP contribution in [0.2, 0.25) is 0 Å². The van der Waals surface area contributed by atoms with Crippen LogP contribution in [0.25, 0.3) is 6.08 Å². The van der Waals surface area contributed by atoms with Crippen molar-refractivity contribution in [3.63, 3.8) is 0 Å². The molecule has 1 heterocycles. The molecule has 2 aromatic carbocycles. The number of halogens is 3. The van der Waals surface area contributed by atoms with Crippen LogP contribution in [0.1, 0.15) is 30.5 Å². The number of thioether (sulfide) groups is 1. The Morgan fingerprint density at radius 1 is 1.14 bits per heavy atom. The van der Waals surface area contributed by atoms with Crippen molar-refractivity contribution in [2.24, 2.45) is 4.99 Å². The van der Waals surface area contributed by atoms with Crippen LogP contribution in [0, 0.1) is 11.3 Å². The van der Waals surface area contributed by atoms with E-state index in [9.17, 15) is 23.2 Å². The normalized spacial score (nSPS) is 15.9. The van der Waals surface area contributed by atoms with Crippen LogP contribution < -0.4 is 14.8 Å². The Morgan fingerprint density at radius 2 is 1.86 bits per heavy atom. The molecule has 7 nitrogen and oxygen atoms in total. The summed E-state index contributed by atoms with van der Waals surface area (Å²) in [6.45, 7) is 7.31. The lowest BCUT2D eigenvalue weighted by molar-refractivity contribution is -0.137. The number of benzene rings is 2. The average molecular weight is 519 g/mol. The summed E-state index contributed by atoms with van der Waals surface area (Å²) in [6, 6.07) is 9.37. The first kappa shape index (κ1) is 27.1. The Labute approximate surface area is 211 Å². The zero-order valence-electron chi connectivity index (χ0n) is 20.0. The van der Waals surface area contributed by atoms with Crippen LogP contribution in [-0.4, -0.2) is 49.3 Å². The topological polar surface area (TPSA) is 87.0 Å².